The van der Waals surface area contributed by atoms with E-state index in [9.17, 15) is 0 Å². The van der Waals surface area contributed by atoms with Crippen molar-refractivity contribution in [2.75, 3.05) is 6.54 Å². The normalized spacial score (nSPS) is 18.1. The van der Waals surface area contributed by atoms with Crippen molar-refractivity contribution in [1.82, 2.24) is 5.32 Å². The Morgan fingerprint density at radius 1 is 1.06 bits per heavy atom. The van der Waals surface area contributed by atoms with E-state index in [0.717, 1.165) is 5.92 Å². The van der Waals surface area contributed by atoms with Crippen LogP contribution in [0, 0.1) is 5.92 Å². The highest BCUT2D eigenvalue weighted by Gasteiger charge is 2.17. The highest BCUT2D eigenvalue weighted by molar-refractivity contribution is 5.26. The summed E-state index contributed by atoms with van der Waals surface area (Å²) in [5.41, 5.74) is 2.84. The average Bonchev–Trinajstić information content (AvgIpc) is 2.27. The fourth-order valence-electron chi connectivity index (χ4n) is 2.33. The van der Waals surface area contributed by atoms with E-state index in [2.05, 4.69) is 50.4 Å². The van der Waals surface area contributed by atoms with Crippen molar-refractivity contribution in [1.29, 1.82) is 0 Å². The molecular weight excluding hydrogens is 206 g/mol. The molecule has 0 saturated heterocycles. The van der Waals surface area contributed by atoms with Gasteiger partial charge in [0.1, 0.15) is 0 Å². The van der Waals surface area contributed by atoms with Gasteiger partial charge in [0, 0.05) is 6.04 Å². The first-order valence-corrected chi connectivity index (χ1v) is 7.00. The van der Waals surface area contributed by atoms with Gasteiger partial charge in [-0.15, -0.1) is 0 Å². The second kappa shape index (κ2) is 5.68. The number of hydrogen-bond acceptors (Lipinski definition) is 1. The number of hydrogen-bond donors (Lipinski definition) is 1. The minimum atomic E-state index is 0.483. The Morgan fingerprint density at radius 3 is 2.12 bits per heavy atom. The molecule has 1 heteroatoms. The molecule has 94 valence electrons. The summed E-state index contributed by atoms with van der Waals surface area (Å²) in [5, 5.41) is 3.65. The van der Waals surface area contributed by atoms with Crippen LogP contribution in [0.15, 0.2) is 24.3 Å². The van der Waals surface area contributed by atoms with Gasteiger partial charge in [0.2, 0.25) is 0 Å². The van der Waals surface area contributed by atoms with Crippen molar-refractivity contribution < 1.29 is 0 Å². The Kier molecular flexibility index (Phi) is 4.22. The summed E-state index contributed by atoms with van der Waals surface area (Å²) < 4.78 is 0. The van der Waals surface area contributed by atoms with Crippen molar-refractivity contribution in [3.63, 3.8) is 0 Å². The van der Waals surface area contributed by atoms with Gasteiger partial charge < -0.3 is 5.32 Å². The van der Waals surface area contributed by atoms with Crippen molar-refractivity contribution in [3.05, 3.63) is 35.4 Å². The molecule has 1 fully saturated rings. The van der Waals surface area contributed by atoms with E-state index >= 15 is 0 Å². The van der Waals surface area contributed by atoms with E-state index < -0.39 is 0 Å². The molecule has 0 heterocycles. The first-order chi connectivity index (χ1) is 8.16. The highest BCUT2D eigenvalue weighted by Crippen LogP contribution is 2.26. The van der Waals surface area contributed by atoms with Crippen molar-refractivity contribution in [2.45, 2.75) is 52.0 Å². The van der Waals surface area contributed by atoms with Gasteiger partial charge in [0.05, 0.1) is 0 Å². The molecule has 0 aromatic heterocycles. The van der Waals surface area contributed by atoms with Crippen LogP contribution in [-0.2, 0) is 0 Å². The average molecular weight is 231 g/mol. The maximum atomic E-state index is 3.65. The van der Waals surface area contributed by atoms with E-state index in [0.29, 0.717) is 12.0 Å². The molecule has 0 amide bonds. The topological polar surface area (TPSA) is 12.0 Å². The molecule has 0 radical (unpaired) electrons. The van der Waals surface area contributed by atoms with Crippen LogP contribution in [0.4, 0.5) is 0 Å². The van der Waals surface area contributed by atoms with E-state index in [1.807, 2.05) is 0 Å². The predicted octanol–water partition coefficient (Wildman–Crippen LogP) is 4.26. The fraction of sp³-hybridized carbons (Fsp3) is 0.625. The third kappa shape index (κ3) is 3.32. The van der Waals surface area contributed by atoms with Crippen LogP contribution in [0.1, 0.15) is 63.1 Å². The fourth-order valence-corrected chi connectivity index (χ4v) is 2.33. The Balaban J connectivity index is 1.86. The van der Waals surface area contributed by atoms with Crippen LogP contribution in [0.2, 0.25) is 0 Å². The van der Waals surface area contributed by atoms with Crippen LogP contribution in [0.3, 0.4) is 0 Å². The molecule has 0 bridgehead atoms. The molecule has 2 rings (SSSR count). The smallest absolute Gasteiger partial charge is 0.0291 e. The third-order valence-electron chi connectivity index (χ3n) is 4.04. The van der Waals surface area contributed by atoms with Crippen LogP contribution >= 0.6 is 0 Å². The molecule has 1 aromatic rings. The summed E-state index contributed by atoms with van der Waals surface area (Å²) in [5.74, 6) is 1.56. The van der Waals surface area contributed by atoms with Gasteiger partial charge in [0.15, 0.2) is 0 Å². The first kappa shape index (κ1) is 12.6. The van der Waals surface area contributed by atoms with Crippen LogP contribution < -0.4 is 5.32 Å². The zero-order valence-electron chi connectivity index (χ0n) is 11.4. The zero-order valence-corrected chi connectivity index (χ0v) is 11.4. The van der Waals surface area contributed by atoms with Gasteiger partial charge in [-0.3, -0.25) is 0 Å². The maximum absolute atomic E-state index is 3.65. The van der Waals surface area contributed by atoms with Crippen LogP contribution in [0.25, 0.3) is 0 Å². The van der Waals surface area contributed by atoms with Crippen molar-refractivity contribution in [2.24, 2.45) is 5.92 Å². The molecule has 1 nitrogen and oxygen atoms in total. The van der Waals surface area contributed by atoms with Gasteiger partial charge >= 0.3 is 0 Å². The molecule has 1 N–H and O–H groups in total. The summed E-state index contributed by atoms with van der Waals surface area (Å²) >= 11 is 0. The SMILES string of the molecule is CC(C)c1ccc(C(C)NCC2CCC2)cc1. The summed E-state index contributed by atoms with van der Waals surface area (Å²) in [7, 11) is 0. The monoisotopic (exact) mass is 231 g/mol. The summed E-state index contributed by atoms with van der Waals surface area (Å²) in [6.07, 6.45) is 4.28. The lowest BCUT2D eigenvalue weighted by Crippen LogP contribution is -2.29. The molecule has 17 heavy (non-hydrogen) atoms. The molecule has 1 saturated carbocycles. The Labute approximate surface area is 106 Å². The second-order valence-corrected chi connectivity index (χ2v) is 5.75. The lowest BCUT2D eigenvalue weighted by molar-refractivity contribution is 0.292. The highest BCUT2D eigenvalue weighted by atomic mass is 14.9. The Bertz CT molecular complexity index is 335. The standard InChI is InChI=1S/C16H25N/c1-12(2)15-7-9-16(10-8-15)13(3)17-11-14-5-4-6-14/h7-10,12-14,17H,4-6,11H2,1-3H3. The Hall–Kier alpha value is -0.820. The zero-order chi connectivity index (χ0) is 12.3. The van der Waals surface area contributed by atoms with Gasteiger partial charge in [-0.25, -0.2) is 0 Å². The summed E-state index contributed by atoms with van der Waals surface area (Å²) in [6.45, 7) is 7.94. The quantitative estimate of drug-likeness (QED) is 0.798. The molecule has 1 aromatic carbocycles. The Morgan fingerprint density at radius 2 is 1.65 bits per heavy atom. The van der Waals surface area contributed by atoms with Crippen molar-refractivity contribution in [3.8, 4) is 0 Å². The van der Waals surface area contributed by atoms with Gasteiger partial charge in [-0.05, 0) is 49.3 Å². The molecular formula is C16H25N. The van der Waals surface area contributed by atoms with E-state index in [-0.39, 0.29) is 0 Å². The van der Waals surface area contributed by atoms with Crippen LogP contribution in [0.5, 0.6) is 0 Å². The summed E-state index contributed by atoms with van der Waals surface area (Å²) in [4.78, 5) is 0. The third-order valence-corrected chi connectivity index (χ3v) is 4.04. The van der Waals surface area contributed by atoms with Gasteiger partial charge in [0.25, 0.3) is 0 Å². The number of benzene rings is 1. The lowest BCUT2D eigenvalue weighted by Gasteiger charge is -2.27. The largest absolute Gasteiger partial charge is 0.310 e. The molecule has 1 aliphatic carbocycles. The summed E-state index contributed by atoms with van der Waals surface area (Å²) in [6, 6.07) is 9.56. The predicted molar refractivity (Wildman–Crippen MR) is 74.3 cm³/mol. The molecule has 1 atom stereocenters. The first-order valence-electron chi connectivity index (χ1n) is 7.00. The van der Waals surface area contributed by atoms with E-state index in [1.54, 1.807) is 0 Å². The number of nitrogens with one attached hydrogen (secondary N) is 1. The lowest BCUT2D eigenvalue weighted by atomic mass is 9.85. The van der Waals surface area contributed by atoms with Gasteiger partial charge in [-0.2, -0.15) is 0 Å². The van der Waals surface area contributed by atoms with Crippen LogP contribution in [-0.4, -0.2) is 6.54 Å². The minimum Gasteiger partial charge on any atom is -0.310 e. The van der Waals surface area contributed by atoms with E-state index in [4.69, 9.17) is 0 Å². The number of rotatable bonds is 5. The maximum Gasteiger partial charge on any atom is 0.0291 e. The minimum absolute atomic E-state index is 0.483. The van der Waals surface area contributed by atoms with Crippen molar-refractivity contribution >= 4 is 0 Å². The molecule has 0 aliphatic heterocycles. The van der Waals surface area contributed by atoms with Gasteiger partial charge in [-0.1, -0.05) is 44.5 Å². The second-order valence-electron chi connectivity index (χ2n) is 5.75. The molecule has 0 spiro atoms. The molecule has 1 aliphatic rings. The molecule has 1 unspecified atom stereocenters. The van der Waals surface area contributed by atoms with E-state index in [1.165, 1.54) is 36.9 Å².